The van der Waals surface area contributed by atoms with Crippen LogP contribution in [0.5, 0.6) is 0 Å². The van der Waals surface area contributed by atoms with Gasteiger partial charge < -0.3 is 10.3 Å². The molecule has 2 heterocycles. The molecule has 2 aromatic heterocycles. The number of nitrogens with one attached hydrogen (secondary N) is 1. The molecule has 21 heavy (non-hydrogen) atoms. The zero-order chi connectivity index (χ0) is 15.0. The third-order valence-electron chi connectivity index (χ3n) is 3.41. The Morgan fingerprint density at radius 3 is 2.67 bits per heavy atom. The molecule has 0 unspecified atom stereocenters. The van der Waals surface area contributed by atoms with Crippen LogP contribution in [0.4, 0.5) is 0 Å². The van der Waals surface area contributed by atoms with Gasteiger partial charge in [-0.1, -0.05) is 6.07 Å². The lowest BCUT2D eigenvalue weighted by Gasteiger charge is -2.12. The summed E-state index contributed by atoms with van der Waals surface area (Å²) >= 11 is 0. The maximum Gasteiger partial charge on any atom is 0.160 e. The van der Waals surface area contributed by atoms with E-state index in [-0.39, 0.29) is 11.9 Å². The Hall–Kier alpha value is -2.69. The number of aromatic nitrogens is 3. The maximum absolute atomic E-state index is 7.55. The third-order valence-corrected chi connectivity index (χ3v) is 3.41. The SMILES string of the molecule is CC(C)n1c(-c2ccccn2)nc2cc(C(=N)N)ccc21. The van der Waals surface area contributed by atoms with E-state index in [1.165, 1.54) is 0 Å². The van der Waals surface area contributed by atoms with Gasteiger partial charge in [0.1, 0.15) is 11.5 Å². The molecule has 106 valence electrons. The molecule has 3 rings (SSSR count). The Balaban J connectivity index is 2.29. The monoisotopic (exact) mass is 279 g/mol. The molecule has 0 aliphatic rings. The van der Waals surface area contributed by atoms with Crippen LogP contribution >= 0.6 is 0 Å². The third kappa shape index (κ3) is 2.27. The van der Waals surface area contributed by atoms with Gasteiger partial charge in [0.2, 0.25) is 0 Å². The van der Waals surface area contributed by atoms with Crippen molar-refractivity contribution in [2.45, 2.75) is 19.9 Å². The molecule has 0 aliphatic carbocycles. The van der Waals surface area contributed by atoms with Crippen LogP contribution < -0.4 is 5.73 Å². The van der Waals surface area contributed by atoms with E-state index in [4.69, 9.17) is 16.1 Å². The summed E-state index contributed by atoms with van der Waals surface area (Å²) in [4.78, 5) is 9.09. The summed E-state index contributed by atoms with van der Waals surface area (Å²) in [5, 5.41) is 7.55. The molecule has 1 aromatic carbocycles. The lowest BCUT2D eigenvalue weighted by molar-refractivity contribution is 0.623. The zero-order valence-corrected chi connectivity index (χ0v) is 12.0. The van der Waals surface area contributed by atoms with Crippen molar-refractivity contribution in [2.24, 2.45) is 5.73 Å². The molecular formula is C16H17N5. The number of pyridine rings is 1. The fourth-order valence-corrected chi connectivity index (χ4v) is 2.46. The lowest BCUT2D eigenvalue weighted by Crippen LogP contribution is -2.10. The average Bonchev–Trinajstić information content (AvgIpc) is 2.86. The van der Waals surface area contributed by atoms with Crippen molar-refractivity contribution < 1.29 is 0 Å². The van der Waals surface area contributed by atoms with Gasteiger partial charge in [-0.05, 0) is 44.2 Å². The number of hydrogen-bond donors (Lipinski definition) is 2. The standard InChI is InChI=1S/C16H17N5/c1-10(2)21-14-7-6-11(15(17)18)9-13(14)20-16(21)12-5-3-4-8-19-12/h3-10H,1-2H3,(H3,17,18). The number of amidine groups is 1. The summed E-state index contributed by atoms with van der Waals surface area (Å²) in [7, 11) is 0. The minimum Gasteiger partial charge on any atom is -0.384 e. The van der Waals surface area contributed by atoms with E-state index in [2.05, 4.69) is 23.4 Å². The Bertz CT molecular complexity index is 802. The van der Waals surface area contributed by atoms with E-state index in [9.17, 15) is 0 Å². The first kappa shape index (κ1) is 13.3. The van der Waals surface area contributed by atoms with Crippen molar-refractivity contribution in [1.82, 2.24) is 14.5 Å². The number of nitrogens with two attached hydrogens (primary N) is 1. The Morgan fingerprint density at radius 1 is 1.24 bits per heavy atom. The van der Waals surface area contributed by atoms with Gasteiger partial charge in [0.15, 0.2) is 5.82 Å². The van der Waals surface area contributed by atoms with Gasteiger partial charge in [-0.25, -0.2) is 4.98 Å². The fourth-order valence-electron chi connectivity index (χ4n) is 2.46. The van der Waals surface area contributed by atoms with E-state index in [0.717, 1.165) is 22.6 Å². The van der Waals surface area contributed by atoms with Crippen LogP contribution in [0.2, 0.25) is 0 Å². The molecule has 3 N–H and O–H groups in total. The second kappa shape index (κ2) is 5.01. The van der Waals surface area contributed by atoms with Crippen molar-refractivity contribution in [3.63, 3.8) is 0 Å². The summed E-state index contributed by atoms with van der Waals surface area (Å²) in [6.07, 6.45) is 1.76. The number of nitrogens with zero attached hydrogens (tertiary/aromatic N) is 3. The first-order valence-corrected chi connectivity index (χ1v) is 6.85. The van der Waals surface area contributed by atoms with Gasteiger partial charge in [0.25, 0.3) is 0 Å². The highest BCUT2D eigenvalue weighted by atomic mass is 15.1. The first-order chi connectivity index (χ1) is 10.1. The highest BCUT2D eigenvalue weighted by molar-refractivity contribution is 5.98. The van der Waals surface area contributed by atoms with Crippen LogP contribution in [0, 0.1) is 5.41 Å². The molecule has 0 atom stereocenters. The van der Waals surface area contributed by atoms with E-state index >= 15 is 0 Å². The molecule has 0 aliphatic heterocycles. The predicted octanol–water partition coefficient (Wildman–Crippen LogP) is 2.96. The topological polar surface area (TPSA) is 80.6 Å². The lowest BCUT2D eigenvalue weighted by atomic mass is 10.2. The second-order valence-corrected chi connectivity index (χ2v) is 5.23. The summed E-state index contributed by atoms with van der Waals surface area (Å²) in [6.45, 7) is 4.24. The highest BCUT2D eigenvalue weighted by Crippen LogP contribution is 2.27. The van der Waals surface area contributed by atoms with Gasteiger partial charge in [-0.15, -0.1) is 0 Å². The maximum atomic E-state index is 7.55. The van der Waals surface area contributed by atoms with Crippen molar-refractivity contribution in [3.05, 3.63) is 48.2 Å². The van der Waals surface area contributed by atoms with Gasteiger partial charge in [0, 0.05) is 17.8 Å². The molecule has 0 saturated carbocycles. The molecule has 5 heteroatoms. The number of rotatable bonds is 3. The van der Waals surface area contributed by atoms with E-state index in [1.807, 2.05) is 36.4 Å². The molecule has 0 radical (unpaired) electrons. The van der Waals surface area contributed by atoms with Gasteiger partial charge in [-0.2, -0.15) is 0 Å². The number of hydrogen-bond acceptors (Lipinski definition) is 3. The number of fused-ring (bicyclic) bond motifs is 1. The molecule has 0 spiro atoms. The molecule has 5 nitrogen and oxygen atoms in total. The minimum atomic E-state index is 0.0513. The van der Waals surface area contributed by atoms with Crippen LogP contribution in [0.15, 0.2) is 42.6 Å². The summed E-state index contributed by atoms with van der Waals surface area (Å²) < 4.78 is 2.15. The molecule has 3 aromatic rings. The second-order valence-electron chi connectivity index (χ2n) is 5.23. The van der Waals surface area contributed by atoms with Crippen molar-refractivity contribution in [2.75, 3.05) is 0 Å². The normalized spacial score (nSPS) is 11.2. The van der Waals surface area contributed by atoms with E-state index in [0.29, 0.717) is 5.56 Å². The Morgan fingerprint density at radius 2 is 2.05 bits per heavy atom. The van der Waals surface area contributed by atoms with Crippen LogP contribution in [0.25, 0.3) is 22.6 Å². The minimum absolute atomic E-state index is 0.0513. The molecule has 0 bridgehead atoms. The summed E-state index contributed by atoms with van der Waals surface area (Å²) in [6, 6.07) is 11.7. The van der Waals surface area contributed by atoms with Gasteiger partial charge >= 0.3 is 0 Å². The van der Waals surface area contributed by atoms with Gasteiger partial charge in [-0.3, -0.25) is 10.4 Å². The summed E-state index contributed by atoms with van der Waals surface area (Å²) in [5.74, 6) is 0.886. The smallest absolute Gasteiger partial charge is 0.160 e. The molecule has 0 saturated heterocycles. The van der Waals surface area contributed by atoms with Crippen molar-refractivity contribution in [1.29, 1.82) is 5.41 Å². The Labute approximate surface area is 123 Å². The van der Waals surface area contributed by atoms with Gasteiger partial charge in [0.05, 0.1) is 11.0 Å². The van der Waals surface area contributed by atoms with E-state index < -0.39 is 0 Å². The quantitative estimate of drug-likeness (QED) is 0.571. The largest absolute Gasteiger partial charge is 0.384 e. The number of nitrogen functional groups attached to an aromatic ring is 1. The van der Waals surface area contributed by atoms with Crippen LogP contribution in [-0.4, -0.2) is 20.4 Å². The predicted molar refractivity (Wildman–Crippen MR) is 84.4 cm³/mol. The number of benzene rings is 1. The molecule has 0 amide bonds. The zero-order valence-electron chi connectivity index (χ0n) is 12.0. The Kier molecular flexibility index (Phi) is 3.17. The average molecular weight is 279 g/mol. The van der Waals surface area contributed by atoms with E-state index in [1.54, 1.807) is 6.20 Å². The molecular weight excluding hydrogens is 262 g/mol. The fraction of sp³-hybridized carbons (Fsp3) is 0.188. The molecule has 0 fully saturated rings. The van der Waals surface area contributed by atoms with Crippen molar-refractivity contribution >= 4 is 16.9 Å². The summed E-state index contributed by atoms with van der Waals surface area (Å²) in [5.41, 5.74) is 8.93. The van der Waals surface area contributed by atoms with Crippen LogP contribution in [-0.2, 0) is 0 Å². The van der Waals surface area contributed by atoms with Crippen LogP contribution in [0.3, 0.4) is 0 Å². The first-order valence-electron chi connectivity index (χ1n) is 6.85. The number of imidazole rings is 1. The van der Waals surface area contributed by atoms with Crippen LogP contribution in [0.1, 0.15) is 25.5 Å². The highest BCUT2D eigenvalue weighted by Gasteiger charge is 2.16. The van der Waals surface area contributed by atoms with Crippen molar-refractivity contribution in [3.8, 4) is 11.5 Å².